The van der Waals surface area contributed by atoms with Crippen molar-refractivity contribution in [2.75, 3.05) is 6.54 Å². The summed E-state index contributed by atoms with van der Waals surface area (Å²) in [5.74, 6) is 0.766. The fourth-order valence-corrected chi connectivity index (χ4v) is 1.78. The Morgan fingerprint density at radius 1 is 1.27 bits per heavy atom. The molecule has 0 spiro atoms. The molecule has 0 saturated carbocycles. The molecule has 0 amide bonds. The highest BCUT2D eigenvalue weighted by molar-refractivity contribution is 5.03. The SMILES string of the molecule is CC(C)CC(C)NCCc1ccccn1. The van der Waals surface area contributed by atoms with Gasteiger partial charge in [-0.2, -0.15) is 0 Å². The molecule has 0 aliphatic rings. The van der Waals surface area contributed by atoms with E-state index in [0.717, 1.165) is 18.9 Å². The molecule has 0 radical (unpaired) electrons. The van der Waals surface area contributed by atoms with Crippen LogP contribution in [0.1, 0.15) is 32.9 Å². The Hall–Kier alpha value is -0.890. The van der Waals surface area contributed by atoms with Gasteiger partial charge in [-0.25, -0.2) is 0 Å². The molecule has 0 aliphatic heterocycles. The van der Waals surface area contributed by atoms with Crippen LogP contribution >= 0.6 is 0 Å². The Morgan fingerprint density at radius 3 is 2.67 bits per heavy atom. The summed E-state index contributed by atoms with van der Waals surface area (Å²) < 4.78 is 0. The maximum atomic E-state index is 4.30. The normalized spacial score (nSPS) is 13.1. The summed E-state index contributed by atoms with van der Waals surface area (Å²) >= 11 is 0. The zero-order valence-electron chi connectivity index (χ0n) is 10.0. The highest BCUT2D eigenvalue weighted by Crippen LogP contribution is 2.03. The standard InChI is InChI=1S/C13H22N2/c1-11(2)10-12(3)14-9-7-13-6-4-5-8-15-13/h4-6,8,11-12,14H,7,9-10H2,1-3H3. The molecular formula is C13H22N2. The van der Waals surface area contributed by atoms with Crippen LogP contribution in [-0.2, 0) is 6.42 Å². The van der Waals surface area contributed by atoms with E-state index in [-0.39, 0.29) is 0 Å². The molecule has 15 heavy (non-hydrogen) atoms. The third-order valence-corrected chi connectivity index (χ3v) is 2.43. The molecule has 0 aromatic carbocycles. The number of nitrogens with one attached hydrogen (secondary N) is 1. The Morgan fingerprint density at radius 2 is 2.07 bits per heavy atom. The first-order chi connectivity index (χ1) is 7.18. The van der Waals surface area contributed by atoms with Crippen LogP contribution in [0.15, 0.2) is 24.4 Å². The zero-order chi connectivity index (χ0) is 11.1. The van der Waals surface area contributed by atoms with Crippen molar-refractivity contribution in [3.8, 4) is 0 Å². The Bertz CT molecular complexity index is 256. The summed E-state index contributed by atoms with van der Waals surface area (Å²) in [5.41, 5.74) is 1.17. The van der Waals surface area contributed by atoms with Gasteiger partial charge >= 0.3 is 0 Å². The quantitative estimate of drug-likeness (QED) is 0.774. The highest BCUT2D eigenvalue weighted by Gasteiger charge is 2.03. The average molecular weight is 206 g/mol. The van der Waals surface area contributed by atoms with Gasteiger partial charge in [0, 0.05) is 30.9 Å². The van der Waals surface area contributed by atoms with Crippen molar-refractivity contribution in [3.05, 3.63) is 30.1 Å². The second-order valence-corrected chi connectivity index (χ2v) is 4.56. The van der Waals surface area contributed by atoms with Crippen molar-refractivity contribution in [1.29, 1.82) is 0 Å². The molecule has 1 atom stereocenters. The van der Waals surface area contributed by atoms with Crippen LogP contribution in [0.4, 0.5) is 0 Å². The van der Waals surface area contributed by atoms with Gasteiger partial charge < -0.3 is 5.32 Å². The minimum absolute atomic E-state index is 0.605. The predicted molar refractivity (Wildman–Crippen MR) is 64.9 cm³/mol. The first-order valence-electron chi connectivity index (χ1n) is 5.81. The monoisotopic (exact) mass is 206 g/mol. The molecule has 0 fully saturated rings. The van der Waals surface area contributed by atoms with Crippen molar-refractivity contribution >= 4 is 0 Å². The van der Waals surface area contributed by atoms with Gasteiger partial charge in [0.25, 0.3) is 0 Å². The number of nitrogens with zero attached hydrogens (tertiary/aromatic N) is 1. The van der Waals surface area contributed by atoms with Crippen molar-refractivity contribution in [2.24, 2.45) is 5.92 Å². The van der Waals surface area contributed by atoms with Crippen LogP contribution in [0.3, 0.4) is 0 Å². The Labute approximate surface area is 93.1 Å². The first-order valence-corrected chi connectivity index (χ1v) is 5.81. The maximum absolute atomic E-state index is 4.30. The molecule has 1 N–H and O–H groups in total. The van der Waals surface area contributed by atoms with Gasteiger partial charge in [-0.15, -0.1) is 0 Å². The van der Waals surface area contributed by atoms with E-state index >= 15 is 0 Å². The molecule has 84 valence electrons. The van der Waals surface area contributed by atoms with Crippen LogP contribution in [0, 0.1) is 5.92 Å². The van der Waals surface area contributed by atoms with Crippen LogP contribution in [0.2, 0.25) is 0 Å². The summed E-state index contributed by atoms with van der Waals surface area (Å²) in [6.07, 6.45) is 4.11. The maximum Gasteiger partial charge on any atom is 0.0416 e. The zero-order valence-corrected chi connectivity index (χ0v) is 10.0. The summed E-state index contributed by atoms with van der Waals surface area (Å²) in [7, 11) is 0. The Kier molecular flexibility index (Phi) is 5.33. The van der Waals surface area contributed by atoms with Crippen LogP contribution < -0.4 is 5.32 Å². The number of hydrogen-bond donors (Lipinski definition) is 1. The molecule has 0 aliphatic carbocycles. The van der Waals surface area contributed by atoms with Crippen LogP contribution in [0.25, 0.3) is 0 Å². The molecule has 1 aromatic heterocycles. The number of hydrogen-bond acceptors (Lipinski definition) is 2. The van der Waals surface area contributed by atoms with Gasteiger partial charge in [-0.1, -0.05) is 19.9 Å². The smallest absolute Gasteiger partial charge is 0.0416 e. The summed E-state index contributed by atoms with van der Waals surface area (Å²) in [5, 5.41) is 3.52. The summed E-state index contributed by atoms with van der Waals surface area (Å²) in [6.45, 7) is 7.79. The van der Waals surface area contributed by atoms with Crippen molar-refractivity contribution in [3.63, 3.8) is 0 Å². The molecular weight excluding hydrogens is 184 g/mol. The predicted octanol–water partition coefficient (Wildman–Crippen LogP) is 2.65. The fourth-order valence-electron chi connectivity index (χ4n) is 1.78. The first kappa shape index (κ1) is 12.2. The van der Waals surface area contributed by atoms with E-state index in [1.54, 1.807) is 0 Å². The molecule has 1 rings (SSSR count). The molecule has 0 bridgehead atoms. The molecule has 1 unspecified atom stereocenters. The topological polar surface area (TPSA) is 24.9 Å². The van der Waals surface area contributed by atoms with Crippen LogP contribution in [-0.4, -0.2) is 17.6 Å². The average Bonchev–Trinajstić information content (AvgIpc) is 2.18. The third-order valence-electron chi connectivity index (χ3n) is 2.43. The molecule has 1 heterocycles. The van der Waals surface area contributed by atoms with Gasteiger partial charge in [0.05, 0.1) is 0 Å². The van der Waals surface area contributed by atoms with Gasteiger partial charge in [-0.05, 0) is 31.4 Å². The van der Waals surface area contributed by atoms with Gasteiger partial charge in [0.1, 0.15) is 0 Å². The van der Waals surface area contributed by atoms with Gasteiger partial charge in [-0.3, -0.25) is 4.98 Å². The molecule has 2 heteroatoms. The number of aromatic nitrogens is 1. The van der Waals surface area contributed by atoms with Gasteiger partial charge in [0.15, 0.2) is 0 Å². The highest BCUT2D eigenvalue weighted by atomic mass is 14.9. The van der Waals surface area contributed by atoms with Gasteiger partial charge in [0.2, 0.25) is 0 Å². The largest absolute Gasteiger partial charge is 0.314 e. The van der Waals surface area contributed by atoms with E-state index in [9.17, 15) is 0 Å². The van der Waals surface area contributed by atoms with Crippen molar-refractivity contribution in [1.82, 2.24) is 10.3 Å². The number of rotatable bonds is 6. The Balaban J connectivity index is 2.16. The lowest BCUT2D eigenvalue weighted by atomic mass is 10.1. The lowest BCUT2D eigenvalue weighted by Crippen LogP contribution is -2.29. The number of pyridine rings is 1. The summed E-state index contributed by atoms with van der Waals surface area (Å²) in [6, 6.07) is 6.68. The minimum Gasteiger partial charge on any atom is -0.314 e. The second-order valence-electron chi connectivity index (χ2n) is 4.56. The molecule has 0 saturated heterocycles. The third kappa shape index (κ3) is 5.53. The van der Waals surface area contributed by atoms with Crippen LogP contribution in [0.5, 0.6) is 0 Å². The van der Waals surface area contributed by atoms with E-state index in [1.807, 2.05) is 18.3 Å². The summed E-state index contributed by atoms with van der Waals surface area (Å²) in [4.78, 5) is 4.30. The van der Waals surface area contributed by atoms with E-state index in [1.165, 1.54) is 12.1 Å². The van der Waals surface area contributed by atoms with E-state index < -0.39 is 0 Å². The lowest BCUT2D eigenvalue weighted by Gasteiger charge is -2.15. The van der Waals surface area contributed by atoms with Crippen molar-refractivity contribution in [2.45, 2.75) is 39.7 Å². The van der Waals surface area contributed by atoms with E-state index in [4.69, 9.17) is 0 Å². The second kappa shape index (κ2) is 6.57. The fraction of sp³-hybridized carbons (Fsp3) is 0.615. The van der Waals surface area contributed by atoms with Crippen molar-refractivity contribution < 1.29 is 0 Å². The van der Waals surface area contributed by atoms with E-state index in [2.05, 4.69) is 37.1 Å². The minimum atomic E-state index is 0.605. The molecule has 2 nitrogen and oxygen atoms in total. The van der Waals surface area contributed by atoms with E-state index in [0.29, 0.717) is 6.04 Å². The molecule has 1 aromatic rings. The lowest BCUT2D eigenvalue weighted by molar-refractivity contribution is 0.444.